The van der Waals surface area contributed by atoms with Crippen molar-refractivity contribution in [2.75, 3.05) is 13.1 Å². The van der Waals surface area contributed by atoms with Crippen molar-refractivity contribution in [3.63, 3.8) is 0 Å². The summed E-state index contributed by atoms with van der Waals surface area (Å²) >= 11 is 9.07. The van der Waals surface area contributed by atoms with Crippen LogP contribution >= 0.6 is 34.3 Å². The van der Waals surface area contributed by atoms with Crippen molar-refractivity contribution in [3.05, 3.63) is 43.2 Å². The molecule has 100 valence electrons. The van der Waals surface area contributed by atoms with E-state index in [-0.39, 0.29) is 5.78 Å². The van der Waals surface area contributed by atoms with Crippen LogP contribution in [0, 0.1) is 0 Å². The lowest BCUT2D eigenvalue weighted by atomic mass is 10.0. The first-order valence-electron chi connectivity index (χ1n) is 6.24. The molecule has 0 N–H and O–H groups in total. The number of hydrogen-bond acceptors (Lipinski definition) is 4. The molecule has 3 rings (SSSR count). The summed E-state index contributed by atoms with van der Waals surface area (Å²) in [6.45, 7) is 3.62. The van der Waals surface area contributed by atoms with Crippen LogP contribution < -0.4 is 0 Å². The van der Waals surface area contributed by atoms with Crippen LogP contribution in [0.3, 0.4) is 0 Å². The third-order valence-corrected chi connectivity index (χ3v) is 5.87. The number of nitrogens with zero attached hydrogens (tertiary/aromatic N) is 1. The molecule has 0 aromatic carbocycles. The van der Waals surface area contributed by atoms with E-state index in [0.717, 1.165) is 17.8 Å². The highest BCUT2D eigenvalue weighted by molar-refractivity contribution is 7.18. The Morgan fingerprint density at radius 2 is 2.32 bits per heavy atom. The number of thiophene rings is 2. The average Bonchev–Trinajstić information content (AvgIpc) is 3.01. The predicted octanol–water partition coefficient (Wildman–Crippen LogP) is 4.27. The number of rotatable bonds is 3. The van der Waals surface area contributed by atoms with Crippen molar-refractivity contribution >= 4 is 40.1 Å². The molecule has 0 bridgehead atoms. The minimum absolute atomic E-state index is 0.169. The van der Waals surface area contributed by atoms with E-state index in [9.17, 15) is 4.79 Å². The quantitative estimate of drug-likeness (QED) is 0.789. The zero-order chi connectivity index (χ0) is 13.4. The number of carbonyl (C=O) groups excluding carboxylic acids is 1. The Morgan fingerprint density at radius 1 is 1.47 bits per heavy atom. The lowest BCUT2D eigenvalue weighted by Crippen LogP contribution is -2.36. The second kappa shape index (κ2) is 5.37. The zero-order valence-electron chi connectivity index (χ0n) is 10.6. The lowest BCUT2D eigenvalue weighted by Gasteiger charge is -2.32. The summed E-state index contributed by atoms with van der Waals surface area (Å²) < 4.78 is 0.676. The lowest BCUT2D eigenvalue weighted by molar-refractivity contribution is 0.0895. The zero-order valence-corrected chi connectivity index (χ0v) is 12.9. The Kier molecular flexibility index (Phi) is 3.76. The van der Waals surface area contributed by atoms with Gasteiger partial charge in [-0.3, -0.25) is 9.69 Å². The maximum Gasteiger partial charge on any atom is 0.186 e. The van der Waals surface area contributed by atoms with Gasteiger partial charge in [0.1, 0.15) is 0 Å². The van der Waals surface area contributed by atoms with E-state index in [0.29, 0.717) is 16.9 Å². The molecule has 0 spiro atoms. The van der Waals surface area contributed by atoms with Gasteiger partial charge in [-0.1, -0.05) is 11.6 Å². The average molecular weight is 312 g/mol. The van der Waals surface area contributed by atoms with Crippen LogP contribution in [0.1, 0.15) is 33.1 Å². The second-order valence-electron chi connectivity index (χ2n) is 4.72. The van der Waals surface area contributed by atoms with E-state index < -0.39 is 0 Å². The first-order chi connectivity index (χ1) is 9.15. The maximum absolute atomic E-state index is 12.2. The van der Waals surface area contributed by atoms with Gasteiger partial charge >= 0.3 is 0 Å². The predicted molar refractivity (Wildman–Crippen MR) is 81.7 cm³/mol. The minimum Gasteiger partial charge on any atom is -0.292 e. The molecule has 5 heteroatoms. The highest BCUT2D eigenvalue weighted by atomic mass is 35.5. The summed E-state index contributed by atoms with van der Waals surface area (Å²) in [5, 5.41) is 2.14. The van der Waals surface area contributed by atoms with Gasteiger partial charge in [0, 0.05) is 17.5 Å². The molecule has 0 amide bonds. The molecule has 1 unspecified atom stereocenters. The van der Waals surface area contributed by atoms with Gasteiger partial charge in [-0.25, -0.2) is 0 Å². The largest absolute Gasteiger partial charge is 0.292 e. The van der Waals surface area contributed by atoms with E-state index in [2.05, 4.69) is 23.3 Å². The van der Waals surface area contributed by atoms with Crippen molar-refractivity contribution in [3.8, 4) is 0 Å². The number of hydrogen-bond donors (Lipinski definition) is 0. The minimum atomic E-state index is 0.169. The third-order valence-electron chi connectivity index (χ3n) is 3.60. The molecular weight excluding hydrogens is 298 g/mol. The van der Waals surface area contributed by atoms with Crippen LogP contribution in [-0.4, -0.2) is 23.8 Å². The van der Waals surface area contributed by atoms with Crippen LogP contribution in [0.4, 0.5) is 0 Å². The number of fused-ring (bicyclic) bond motifs is 1. The molecule has 19 heavy (non-hydrogen) atoms. The Bertz CT molecular complexity index is 604. The van der Waals surface area contributed by atoms with E-state index in [1.54, 1.807) is 6.07 Å². The topological polar surface area (TPSA) is 20.3 Å². The molecule has 2 aromatic rings. The fourth-order valence-electron chi connectivity index (χ4n) is 2.50. The van der Waals surface area contributed by atoms with Crippen molar-refractivity contribution in [1.82, 2.24) is 4.90 Å². The summed E-state index contributed by atoms with van der Waals surface area (Å²) in [5.41, 5.74) is 1.38. The number of Topliss-reactive ketones (excluding diaryl/α,β-unsaturated/α-hetero) is 1. The van der Waals surface area contributed by atoms with Crippen LogP contribution in [-0.2, 0) is 6.42 Å². The monoisotopic (exact) mass is 311 g/mol. The van der Waals surface area contributed by atoms with Crippen LogP contribution in [0.2, 0.25) is 4.34 Å². The summed E-state index contributed by atoms with van der Waals surface area (Å²) in [4.78, 5) is 16.7. The van der Waals surface area contributed by atoms with Gasteiger partial charge in [-0.15, -0.1) is 22.7 Å². The summed E-state index contributed by atoms with van der Waals surface area (Å²) in [5.74, 6) is 0.169. The van der Waals surface area contributed by atoms with E-state index in [1.165, 1.54) is 21.8 Å². The molecule has 1 aliphatic rings. The summed E-state index contributed by atoms with van der Waals surface area (Å²) in [7, 11) is 0. The molecule has 2 nitrogen and oxygen atoms in total. The first-order valence-corrected chi connectivity index (χ1v) is 8.31. The fraction of sp³-hybridized carbons (Fsp3) is 0.357. The SMILES string of the molecule is CC1c2ccsc2CCN1CC(=O)c1ccc(Cl)s1. The molecule has 2 aromatic heterocycles. The van der Waals surface area contributed by atoms with E-state index in [1.807, 2.05) is 17.4 Å². The third kappa shape index (κ3) is 2.63. The van der Waals surface area contributed by atoms with Crippen molar-refractivity contribution < 1.29 is 4.79 Å². The van der Waals surface area contributed by atoms with Gasteiger partial charge in [-0.05, 0) is 42.5 Å². The van der Waals surface area contributed by atoms with E-state index in [4.69, 9.17) is 11.6 Å². The fourth-order valence-corrected chi connectivity index (χ4v) is 4.44. The van der Waals surface area contributed by atoms with Crippen molar-refractivity contribution in [1.29, 1.82) is 0 Å². The normalized spacial score (nSPS) is 19.4. The van der Waals surface area contributed by atoms with Gasteiger partial charge in [0.15, 0.2) is 5.78 Å². The van der Waals surface area contributed by atoms with Gasteiger partial charge in [0.25, 0.3) is 0 Å². The smallest absolute Gasteiger partial charge is 0.186 e. The molecule has 0 fully saturated rings. The Balaban J connectivity index is 1.73. The maximum atomic E-state index is 12.2. The van der Waals surface area contributed by atoms with Crippen LogP contribution in [0.25, 0.3) is 0 Å². The standard InChI is InChI=1S/C14H14ClNOS2/c1-9-10-5-7-18-12(10)4-6-16(9)8-11(17)13-2-3-14(15)19-13/h2-3,5,7,9H,4,6,8H2,1H3. The van der Waals surface area contributed by atoms with Crippen molar-refractivity contribution in [2.45, 2.75) is 19.4 Å². The number of carbonyl (C=O) groups is 1. The highest BCUT2D eigenvalue weighted by Gasteiger charge is 2.26. The summed E-state index contributed by atoms with van der Waals surface area (Å²) in [6, 6.07) is 6.12. The van der Waals surface area contributed by atoms with Gasteiger partial charge in [0.2, 0.25) is 0 Å². The molecule has 0 saturated carbocycles. The Labute approximate surface area is 125 Å². The first kappa shape index (κ1) is 13.3. The Hall–Kier alpha value is -0.680. The molecule has 3 heterocycles. The van der Waals surface area contributed by atoms with Crippen molar-refractivity contribution in [2.24, 2.45) is 0 Å². The van der Waals surface area contributed by atoms with Gasteiger partial charge in [-0.2, -0.15) is 0 Å². The molecule has 1 aliphatic heterocycles. The highest BCUT2D eigenvalue weighted by Crippen LogP contribution is 2.33. The molecule has 0 aliphatic carbocycles. The number of halogens is 1. The number of ketones is 1. The molecular formula is C14H14ClNOS2. The Morgan fingerprint density at radius 3 is 3.05 bits per heavy atom. The van der Waals surface area contributed by atoms with Crippen LogP contribution in [0.15, 0.2) is 23.6 Å². The summed E-state index contributed by atoms with van der Waals surface area (Å²) in [6.07, 6.45) is 1.05. The van der Waals surface area contributed by atoms with Crippen LogP contribution in [0.5, 0.6) is 0 Å². The van der Waals surface area contributed by atoms with Gasteiger partial charge in [0.05, 0.1) is 15.8 Å². The molecule has 1 atom stereocenters. The van der Waals surface area contributed by atoms with E-state index >= 15 is 0 Å². The molecule has 0 radical (unpaired) electrons. The van der Waals surface area contributed by atoms with Gasteiger partial charge < -0.3 is 0 Å². The second-order valence-corrected chi connectivity index (χ2v) is 7.44. The molecule has 0 saturated heterocycles.